The first-order valence-electron chi connectivity index (χ1n) is 4.19. The van der Waals surface area contributed by atoms with Crippen LogP contribution in [0, 0.1) is 0 Å². The van der Waals surface area contributed by atoms with Gasteiger partial charge in [-0.2, -0.15) is 0 Å². The van der Waals surface area contributed by atoms with E-state index in [1.807, 2.05) is 13.0 Å². The van der Waals surface area contributed by atoms with Crippen molar-refractivity contribution in [2.24, 2.45) is 0 Å². The molecular formula is C9H14N2O2S. The SMILES string of the molecule is C/C=C/C=C/C(=O)NC(=S)NCCO. The molecule has 0 atom stereocenters. The Morgan fingerprint density at radius 2 is 2.21 bits per heavy atom. The second-order valence-electron chi connectivity index (χ2n) is 2.35. The Bertz CT molecular complexity index is 249. The maximum Gasteiger partial charge on any atom is 0.250 e. The molecular weight excluding hydrogens is 200 g/mol. The first kappa shape index (κ1) is 12.8. The Labute approximate surface area is 88.7 Å². The van der Waals surface area contributed by atoms with Crippen LogP contribution in [0.2, 0.25) is 0 Å². The van der Waals surface area contributed by atoms with E-state index in [1.165, 1.54) is 6.08 Å². The third kappa shape index (κ3) is 7.45. The molecule has 0 saturated heterocycles. The zero-order valence-corrected chi connectivity index (χ0v) is 8.80. The number of carbonyl (C=O) groups excluding carboxylic acids is 1. The van der Waals surface area contributed by atoms with Crippen LogP contribution in [0.15, 0.2) is 24.3 Å². The number of hydrogen-bond donors (Lipinski definition) is 3. The lowest BCUT2D eigenvalue weighted by molar-refractivity contribution is -0.115. The average molecular weight is 214 g/mol. The Morgan fingerprint density at radius 3 is 2.79 bits per heavy atom. The second kappa shape index (κ2) is 8.40. The lowest BCUT2D eigenvalue weighted by Crippen LogP contribution is -2.39. The zero-order valence-electron chi connectivity index (χ0n) is 7.99. The highest BCUT2D eigenvalue weighted by atomic mass is 32.1. The summed E-state index contributed by atoms with van der Waals surface area (Å²) in [4.78, 5) is 11.1. The molecule has 78 valence electrons. The van der Waals surface area contributed by atoms with Crippen molar-refractivity contribution < 1.29 is 9.90 Å². The molecule has 0 aliphatic carbocycles. The van der Waals surface area contributed by atoms with Crippen molar-refractivity contribution >= 4 is 23.2 Å². The van der Waals surface area contributed by atoms with E-state index in [-0.39, 0.29) is 17.6 Å². The van der Waals surface area contributed by atoms with E-state index < -0.39 is 0 Å². The topological polar surface area (TPSA) is 61.4 Å². The van der Waals surface area contributed by atoms with E-state index in [4.69, 9.17) is 17.3 Å². The van der Waals surface area contributed by atoms with Crippen LogP contribution < -0.4 is 10.6 Å². The summed E-state index contributed by atoms with van der Waals surface area (Å²) in [7, 11) is 0. The summed E-state index contributed by atoms with van der Waals surface area (Å²) < 4.78 is 0. The number of aliphatic hydroxyl groups excluding tert-OH is 1. The Balaban J connectivity index is 3.76. The summed E-state index contributed by atoms with van der Waals surface area (Å²) in [5.74, 6) is -0.293. The zero-order chi connectivity index (χ0) is 10.8. The van der Waals surface area contributed by atoms with Gasteiger partial charge >= 0.3 is 0 Å². The van der Waals surface area contributed by atoms with Gasteiger partial charge in [0.1, 0.15) is 0 Å². The lowest BCUT2D eigenvalue weighted by Gasteiger charge is -2.05. The fourth-order valence-corrected chi connectivity index (χ4v) is 0.824. The number of rotatable bonds is 4. The van der Waals surface area contributed by atoms with Crippen LogP contribution in [0.4, 0.5) is 0 Å². The molecule has 4 nitrogen and oxygen atoms in total. The molecule has 1 amide bonds. The standard InChI is InChI=1S/C9H14N2O2S/c1-2-3-4-5-8(13)11-9(14)10-6-7-12/h2-5,12H,6-7H2,1H3,(H2,10,11,13,14)/b3-2+,5-4+. The molecule has 0 unspecified atom stereocenters. The van der Waals surface area contributed by atoms with Gasteiger partial charge < -0.3 is 10.4 Å². The molecule has 5 heteroatoms. The molecule has 0 radical (unpaired) electrons. The van der Waals surface area contributed by atoms with Gasteiger partial charge in [-0.15, -0.1) is 0 Å². The van der Waals surface area contributed by atoms with E-state index in [0.717, 1.165) is 0 Å². The van der Waals surface area contributed by atoms with Crippen LogP contribution in [-0.2, 0) is 4.79 Å². The van der Waals surface area contributed by atoms with Crippen molar-refractivity contribution in [3.8, 4) is 0 Å². The number of thiocarbonyl (C=S) groups is 1. The molecule has 0 aliphatic rings. The highest BCUT2D eigenvalue weighted by Gasteiger charge is 1.97. The molecule has 0 spiro atoms. The molecule has 14 heavy (non-hydrogen) atoms. The van der Waals surface area contributed by atoms with Gasteiger partial charge in [0, 0.05) is 12.6 Å². The first-order valence-corrected chi connectivity index (χ1v) is 4.60. The van der Waals surface area contributed by atoms with Gasteiger partial charge in [-0.05, 0) is 19.1 Å². The molecule has 3 N–H and O–H groups in total. The fraction of sp³-hybridized carbons (Fsp3) is 0.333. The van der Waals surface area contributed by atoms with Gasteiger partial charge in [0.2, 0.25) is 5.91 Å². The summed E-state index contributed by atoms with van der Waals surface area (Å²) in [6.45, 7) is 2.16. The minimum absolute atomic E-state index is 0.0234. The predicted octanol–water partition coefficient (Wildman–Crippen LogP) is 0.102. The monoisotopic (exact) mass is 214 g/mol. The molecule has 0 saturated carbocycles. The smallest absolute Gasteiger partial charge is 0.250 e. The first-order chi connectivity index (χ1) is 6.70. The van der Waals surface area contributed by atoms with Gasteiger partial charge in [0.15, 0.2) is 5.11 Å². The van der Waals surface area contributed by atoms with Crippen LogP contribution in [-0.4, -0.2) is 29.3 Å². The maximum absolute atomic E-state index is 11.1. The van der Waals surface area contributed by atoms with Crippen molar-refractivity contribution in [3.05, 3.63) is 24.3 Å². The fourth-order valence-electron chi connectivity index (χ4n) is 0.621. The van der Waals surface area contributed by atoms with Gasteiger partial charge in [0.25, 0.3) is 0 Å². The molecule has 0 aromatic carbocycles. The Hall–Kier alpha value is -1.20. The maximum atomic E-state index is 11.1. The van der Waals surface area contributed by atoms with Crippen molar-refractivity contribution in [1.29, 1.82) is 0 Å². The highest BCUT2D eigenvalue weighted by Crippen LogP contribution is 1.77. The highest BCUT2D eigenvalue weighted by molar-refractivity contribution is 7.80. The average Bonchev–Trinajstić information content (AvgIpc) is 2.15. The summed E-state index contributed by atoms with van der Waals surface area (Å²) in [6, 6.07) is 0. The van der Waals surface area contributed by atoms with Crippen LogP contribution in [0.5, 0.6) is 0 Å². The number of carbonyl (C=O) groups is 1. The quantitative estimate of drug-likeness (QED) is 0.353. The van der Waals surface area contributed by atoms with Crippen molar-refractivity contribution in [3.63, 3.8) is 0 Å². The number of amides is 1. The van der Waals surface area contributed by atoms with Crippen LogP contribution in [0.25, 0.3) is 0 Å². The molecule has 0 bridgehead atoms. The Morgan fingerprint density at radius 1 is 1.50 bits per heavy atom. The van der Waals surface area contributed by atoms with E-state index in [9.17, 15) is 4.79 Å². The predicted molar refractivity (Wildman–Crippen MR) is 59.8 cm³/mol. The van der Waals surface area contributed by atoms with Gasteiger partial charge in [-0.25, -0.2) is 0 Å². The second-order valence-corrected chi connectivity index (χ2v) is 2.76. The molecule has 0 rings (SSSR count). The van der Waals surface area contributed by atoms with E-state index >= 15 is 0 Å². The van der Waals surface area contributed by atoms with E-state index in [0.29, 0.717) is 6.54 Å². The molecule has 0 aromatic heterocycles. The van der Waals surface area contributed by atoms with Crippen molar-refractivity contribution in [2.45, 2.75) is 6.92 Å². The van der Waals surface area contributed by atoms with Crippen molar-refractivity contribution in [1.82, 2.24) is 10.6 Å². The molecule has 0 fully saturated rings. The van der Waals surface area contributed by atoms with Crippen LogP contribution >= 0.6 is 12.2 Å². The Kier molecular flexibility index (Phi) is 7.68. The van der Waals surface area contributed by atoms with Crippen LogP contribution in [0.1, 0.15) is 6.92 Å². The summed E-state index contributed by atoms with van der Waals surface area (Å²) in [5.41, 5.74) is 0. The minimum Gasteiger partial charge on any atom is -0.395 e. The van der Waals surface area contributed by atoms with Gasteiger partial charge in [0.05, 0.1) is 6.61 Å². The molecule has 0 heterocycles. The lowest BCUT2D eigenvalue weighted by atomic mass is 10.4. The number of allylic oxidation sites excluding steroid dienone is 3. The third-order valence-corrected chi connectivity index (χ3v) is 1.43. The minimum atomic E-state index is -0.293. The van der Waals surface area contributed by atoms with Gasteiger partial charge in [-0.1, -0.05) is 18.2 Å². The van der Waals surface area contributed by atoms with E-state index in [2.05, 4.69) is 10.6 Å². The summed E-state index contributed by atoms with van der Waals surface area (Å²) in [5, 5.41) is 13.8. The normalized spacial score (nSPS) is 10.7. The van der Waals surface area contributed by atoms with Gasteiger partial charge in [-0.3, -0.25) is 10.1 Å². The number of nitrogens with one attached hydrogen (secondary N) is 2. The number of hydrogen-bond acceptors (Lipinski definition) is 3. The number of aliphatic hydroxyl groups is 1. The summed E-state index contributed by atoms with van der Waals surface area (Å²) in [6.07, 6.45) is 6.53. The van der Waals surface area contributed by atoms with E-state index in [1.54, 1.807) is 12.2 Å². The summed E-state index contributed by atoms with van der Waals surface area (Å²) >= 11 is 4.77. The van der Waals surface area contributed by atoms with Crippen LogP contribution in [0.3, 0.4) is 0 Å². The van der Waals surface area contributed by atoms with Crippen molar-refractivity contribution in [2.75, 3.05) is 13.2 Å². The largest absolute Gasteiger partial charge is 0.395 e. The molecule has 0 aromatic rings. The molecule has 0 aliphatic heterocycles. The third-order valence-electron chi connectivity index (χ3n) is 1.19.